The number of morpholine rings is 1. The van der Waals surface area contributed by atoms with Crippen molar-refractivity contribution in [2.45, 2.75) is 18.2 Å². The van der Waals surface area contributed by atoms with Gasteiger partial charge in [0, 0.05) is 51.4 Å². The molecule has 0 radical (unpaired) electrons. The van der Waals surface area contributed by atoms with Crippen LogP contribution < -0.4 is 4.72 Å². The van der Waals surface area contributed by atoms with E-state index in [1.165, 1.54) is 12.1 Å². The van der Waals surface area contributed by atoms with E-state index in [1.807, 2.05) is 0 Å². The SMILES string of the molecule is CCNS(=O)(=O)c1cc([N+](=O)[O-])ccc1C(=O)N1CC[C@@H](CN2CCOCC2)C1. The van der Waals surface area contributed by atoms with E-state index < -0.39 is 20.9 Å². The highest BCUT2D eigenvalue weighted by Gasteiger charge is 2.32. The lowest BCUT2D eigenvalue weighted by molar-refractivity contribution is -0.385. The molecule has 0 aromatic heterocycles. The third kappa shape index (κ3) is 5.10. The molecule has 0 spiro atoms. The Labute approximate surface area is 170 Å². The van der Waals surface area contributed by atoms with Crippen molar-refractivity contribution in [3.63, 3.8) is 0 Å². The number of nitrogens with zero attached hydrogens (tertiary/aromatic N) is 3. The number of carbonyl (C=O) groups is 1. The van der Waals surface area contributed by atoms with Crippen molar-refractivity contribution < 1.29 is 22.9 Å². The van der Waals surface area contributed by atoms with Crippen LogP contribution >= 0.6 is 0 Å². The fourth-order valence-corrected chi connectivity index (χ4v) is 5.03. The molecule has 0 aliphatic carbocycles. The number of nitrogens with one attached hydrogen (secondary N) is 1. The van der Waals surface area contributed by atoms with Gasteiger partial charge in [-0.1, -0.05) is 6.92 Å². The van der Waals surface area contributed by atoms with E-state index in [0.29, 0.717) is 32.2 Å². The zero-order valence-electron chi connectivity index (χ0n) is 16.4. The highest BCUT2D eigenvalue weighted by Crippen LogP contribution is 2.26. The Hall–Kier alpha value is -2.08. The van der Waals surface area contributed by atoms with Crippen molar-refractivity contribution in [3.8, 4) is 0 Å². The van der Waals surface area contributed by atoms with Crippen LogP contribution in [0.2, 0.25) is 0 Å². The van der Waals surface area contributed by atoms with Crippen molar-refractivity contribution in [3.05, 3.63) is 33.9 Å². The summed E-state index contributed by atoms with van der Waals surface area (Å²) in [4.78, 5) is 27.1. The van der Waals surface area contributed by atoms with Crippen LogP contribution in [0.5, 0.6) is 0 Å². The van der Waals surface area contributed by atoms with Gasteiger partial charge in [-0.15, -0.1) is 0 Å². The number of benzene rings is 1. The molecule has 2 aliphatic rings. The van der Waals surface area contributed by atoms with E-state index in [1.54, 1.807) is 11.8 Å². The Kier molecular flexibility index (Phi) is 6.83. The van der Waals surface area contributed by atoms with Crippen molar-refractivity contribution >= 4 is 21.6 Å². The number of rotatable bonds is 7. The number of likely N-dealkylation sites (tertiary alicyclic amines) is 1. The van der Waals surface area contributed by atoms with Crippen LogP contribution in [0.4, 0.5) is 5.69 Å². The van der Waals surface area contributed by atoms with Gasteiger partial charge in [0.2, 0.25) is 10.0 Å². The van der Waals surface area contributed by atoms with Crippen molar-refractivity contribution in [2.24, 2.45) is 5.92 Å². The first-order chi connectivity index (χ1) is 13.8. The van der Waals surface area contributed by atoms with Crippen LogP contribution in [0.25, 0.3) is 0 Å². The fraction of sp³-hybridized carbons (Fsp3) is 0.611. The quantitative estimate of drug-likeness (QED) is 0.503. The maximum atomic E-state index is 13.1. The van der Waals surface area contributed by atoms with Crippen LogP contribution in [0.3, 0.4) is 0 Å². The molecule has 2 heterocycles. The summed E-state index contributed by atoms with van der Waals surface area (Å²) >= 11 is 0. The molecule has 0 saturated carbocycles. The Morgan fingerprint density at radius 1 is 1.31 bits per heavy atom. The topological polar surface area (TPSA) is 122 Å². The van der Waals surface area contributed by atoms with E-state index in [4.69, 9.17) is 4.74 Å². The second kappa shape index (κ2) is 9.16. The minimum atomic E-state index is -4.03. The van der Waals surface area contributed by atoms with Crippen LogP contribution in [0.1, 0.15) is 23.7 Å². The third-order valence-electron chi connectivity index (χ3n) is 5.22. The molecule has 0 bridgehead atoms. The maximum Gasteiger partial charge on any atom is 0.270 e. The molecule has 3 rings (SSSR count). The highest BCUT2D eigenvalue weighted by molar-refractivity contribution is 7.89. The van der Waals surface area contributed by atoms with Crippen molar-refractivity contribution in [1.29, 1.82) is 0 Å². The zero-order chi connectivity index (χ0) is 21.0. The van der Waals surface area contributed by atoms with Gasteiger partial charge >= 0.3 is 0 Å². The van der Waals surface area contributed by atoms with Gasteiger partial charge in [-0.3, -0.25) is 19.8 Å². The van der Waals surface area contributed by atoms with Gasteiger partial charge in [0.15, 0.2) is 0 Å². The largest absolute Gasteiger partial charge is 0.379 e. The lowest BCUT2D eigenvalue weighted by Crippen LogP contribution is -2.40. The molecule has 1 N–H and O–H groups in total. The number of amides is 1. The third-order valence-corrected chi connectivity index (χ3v) is 6.81. The monoisotopic (exact) mass is 426 g/mol. The van der Waals surface area contributed by atoms with Crippen LogP contribution in [0, 0.1) is 16.0 Å². The lowest BCUT2D eigenvalue weighted by atomic mass is 10.1. The highest BCUT2D eigenvalue weighted by atomic mass is 32.2. The van der Waals surface area contributed by atoms with Gasteiger partial charge in [0.1, 0.15) is 4.90 Å². The molecule has 2 aliphatic heterocycles. The first kappa shape index (κ1) is 21.6. The average molecular weight is 426 g/mol. The van der Waals surface area contributed by atoms with Crippen LogP contribution in [-0.4, -0.2) is 81.5 Å². The summed E-state index contributed by atoms with van der Waals surface area (Å²) in [6.45, 7) is 6.83. The van der Waals surface area contributed by atoms with Gasteiger partial charge in [-0.2, -0.15) is 0 Å². The molecule has 29 heavy (non-hydrogen) atoms. The Morgan fingerprint density at radius 3 is 2.69 bits per heavy atom. The van der Waals surface area contributed by atoms with Gasteiger partial charge in [0.05, 0.1) is 23.7 Å². The molecule has 10 nitrogen and oxygen atoms in total. The number of non-ortho nitro benzene ring substituents is 1. The summed E-state index contributed by atoms with van der Waals surface area (Å²) in [5.41, 5.74) is -0.409. The molecule has 1 aromatic rings. The smallest absolute Gasteiger partial charge is 0.270 e. The summed E-state index contributed by atoms with van der Waals surface area (Å²) in [5.74, 6) is -0.107. The van der Waals surface area contributed by atoms with Gasteiger partial charge in [-0.05, 0) is 18.4 Å². The van der Waals surface area contributed by atoms with E-state index in [2.05, 4.69) is 9.62 Å². The van der Waals surface area contributed by atoms with E-state index in [9.17, 15) is 23.3 Å². The molecule has 0 unspecified atom stereocenters. The van der Waals surface area contributed by atoms with Crippen molar-refractivity contribution in [1.82, 2.24) is 14.5 Å². The van der Waals surface area contributed by atoms with E-state index >= 15 is 0 Å². The second-order valence-electron chi connectivity index (χ2n) is 7.26. The second-order valence-corrected chi connectivity index (χ2v) is 8.99. The summed E-state index contributed by atoms with van der Waals surface area (Å²) in [6, 6.07) is 3.35. The number of sulfonamides is 1. The minimum Gasteiger partial charge on any atom is -0.379 e. The van der Waals surface area contributed by atoms with Gasteiger partial charge < -0.3 is 9.64 Å². The average Bonchev–Trinajstić information content (AvgIpc) is 3.16. The first-order valence-corrected chi connectivity index (χ1v) is 11.2. The first-order valence-electron chi connectivity index (χ1n) is 9.69. The van der Waals surface area contributed by atoms with Gasteiger partial charge in [0.25, 0.3) is 11.6 Å². The molecule has 2 saturated heterocycles. The van der Waals surface area contributed by atoms with E-state index in [0.717, 1.165) is 32.1 Å². The number of nitro benzene ring substituents is 1. The number of ether oxygens (including phenoxy) is 1. The van der Waals surface area contributed by atoms with Gasteiger partial charge in [-0.25, -0.2) is 13.1 Å². The fourth-order valence-electron chi connectivity index (χ4n) is 3.78. The Balaban J connectivity index is 1.78. The molecular weight excluding hydrogens is 400 g/mol. The molecule has 1 atom stereocenters. The zero-order valence-corrected chi connectivity index (χ0v) is 17.2. The number of hydrogen-bond donors (Lipinski definition) is 1. The molecule has 160 valence electrons. The molecule has 1 aromatic carbocycles. The summed E-state index contributed by atoms with van der Waals surface area (Å²) in [7, 11) is -4.03. The van der Waals surface area contributed by atoms with Crippen molar-refractivity contribution in [2.75, 3.05) is 52.5 Å². The van der Waals surface area contributed by atoms with E-state index in [-0.39, 0.29) is 22.7 Å². The number of nitro groups is 1. The standard InChI is InChI=1S/C18H26N4O6S/c1-2-19-29(26,27)17-11-15(22(24)25)3-4-16(17)18(23)21-6-5-14(13-21)12-20-7-9-28-10-8-20/h3-4,11,14,19H,2,5-10,12-13H2,1H3/t14-/m0/s1. The Morgan fingerprint density at radius 2 is 2.03 bits per heavy atom. The summed E-state index contributed by atoms with van der Waals surface area (Å²) in [6.07, 6.45) is 0.839. The molecule has 11 heteroatoms. The normalized spacial score (nSPS) is 20.7. The lowest BCUT2D eigenvalue weighted by Gasteiger charge is -2.29. The molecule has 1 amide bonds. The summed E-state index contributed by atoms with van der Waals surface area (Å²) < 4.78 is 32.8. The maximum absolute atomic E-state index is 13.1. The Bertz CT molecular complexity index is 869. The van der Waals surface area contributed by atoms with Crippen LogP contribution in [-0.2, 0) is 14.8 Å². The molecular formula is C18H26N4O6S. The number of carbonyl (C=O) groups excluding carboxylic acids is 1. The summed E-state index contributed by atoms with van der Waals surface area (Å²) in [5, 5.41) is 11.1. The molecule has 2 fully saturated rings. The predicted octanol–water partition coefficient (Wildman–Crippen LogP) is 0.687. The minimum absolute atomic E-state index is 0.0384. The number of hydrogen-bond acceptors (Lipinski definition) is 7. The van der Waals surface area contributed by atoms with Crippen LogP contribution in [0.15, 0.2) is 23.1 Å². The predicted molar refractivity (Wildman–Crippen MR) is 105 cm³/mol.